The first-order chi connectivity index (χ1) is 9.89. The van der Waals surface area contributed by atoms with E-state index in [-0.39, 0.29) is 12.1 Å². The molecule has 2 aliphatic rings. The molecule has 0 radical (unpaired) electrons. The van der Waals surface area contributed by atoms with Gasteiger partial charge >= 0.3 is 5.97 Å². The molecular formula is C18H32NO2+. The quantitative estimate of drug-likeness (QED) is 0.451. The highest BCUT2D eigenvalue weighted by Gasteiger charge is 2.35. The van der Waals surface area contributed by atoms with E-state index in [1.807, 2.05) is 0 Å². The monoisotopic (exact) mass is 294 g/mol. The van der Waals surface area contributed by atoms with Crippen molar-refractivity contribution >= 4 is 5.97 Å². The van der Waals surface area contributed by atoms with Gasteiger partial charge in [0.15, 0.2) is 6.54 Å². The summed E-state index contributed by atoms with van der Waals surface area (Å²) in [6, 6.07) is 0. The van der Waals surface area contributed by atoms with Gasteiger partial charge in [0.1, 0.15) is 6.10 Å². The maximum atomic E-state index is 12.4. The fourth-order valence-corrected chi connectivity index (χ4v) is 3.84. The van der Waals surface area contributed by atoms with E-state index in [1.165, 1.54) is 12.8 Å². The number of hydrogen-bond acceptors (Lipinski definition) is 2. The number of carbonyl (C=O) groups excluding carboxylic acids is 1. The molecule has 3 heteroatoms. The van der Waals surface area contributed by atoms with E-state index in [9.17, 15) is 4.79 Å². The molecule has 120 valence electrons. The van der Waals surface area contributed by atoms with E-state index in [4.69, 9.17) is 4.74 Å². The molecule has 0 aromatic heterocycles. The second-order valence-electron chi connectivity index (χ2n) is 7.80. The SMILES string of the molecule is CC(C)[C@H]1CC[C@H](C)C[C@@H]1OC(=O)C[N+]1(C)CC=CCC1. The van der Waals surface area contributed by atoms with E-state index in [2.05, 4.69) is 40.0 Å². The van der Waals surface area contributed by atoms with Crippen molar-refractivity contribution in [3.63, 3.8) is 0 Å². The number of carbonyl (C=O) groups is 1. The summed E-state index contributed by atoms with van der Waals surface area (Å²) in [5, 5.41) is 0. The van der Waals surface area contributed by atoms with Gasteiger partial charge in [-0.2, -0.15) is 0 Å². The summed E-state index contributed by atoms with van der Waals surface area (Å²) < 4.78 is 6.72. The molecule has 0 saturated heterocycles. The van der Waals surface area contributed by atoms with Crippen LogP contribution in [-0.4, -0.2) is 43.2 Å². The molecule has 21 heavy (non-hydrogen) atoms. The van der Waals surface area contributed by atoms with E-state index >= 15 is 0 Å². The first kappa shape index (κ1) is 16.5. The van der Waals surface area contributed by atoms with Gasteiger partial charge < -0.3 is 9.22 Å². The number of nitrogens with zero attached hydrogens (tertiary/aromatic N) is 1. The number of rotatable bonds is 4. The minimum Gasteiger partial charge on any atom is -0.458 e. The lowest BCUT2D eigenvalue weighted by molar-refractivity contribution is -0.898. The third kappa shape index (κ3) is 4.57. The van der Waals surface area contributed by atoms with Gasteiger partial charge in [0.05, 0.1) is 20.1 Å². The topological polar surface area (TPSA) is 26.3 Å². The number of ether oxygens (including phenoxy) is 1. The molecule has 0 bridgehead atoms. The number of likely N-dealkylation sites (N-methyl/N-ethyl adjacent to an activating group) is 1. The molecule has 0 aromatic carbocycles. The van der Waals surface area contributed by atoms with Crippen molar-refractivity contribution in [2.75, 3.05) is 26.7 Å². The Kier molecular flexibility index (Phi) is 5.48. The predicted octanol–water partition coefficient (Wildman–Crippen LogP) is 3.40. The Morgan fingerprint density at radius 1 is 1.33 bits per heavy atom. The fraction of sp³-hybridized carbons (Fsp3) is 0.833. The molecule has 1 unspecified atom stereocenters. The van der Waals surface area contributed by atoms with Crippen LogP contribution in [-0.2, 0) is 9.53 Å². The standard InChI is InChI=1S/C18H32NO2/c1-14(2)16-9-8-15(3)12-17(16)21-18(20)13-19(4)10-6-5-7-11-19/h5-6,14-17H,7-13H2,1-4H3/q+1/t15-,16+,17-,19?/m0/s1. The summed E-state index contributed by atoms with van der Waals surface area (Å²) in [6.45, 7) is 9.29. The minimum absolute atomic E-state index is 0.00227. The Hall–Kier alpha value is -0.830. The second-order valence-corrected chi connectivity index (χ2v) is 7.80. The lowest BCUT2D eigenvalue weighted by Crippen LogP contribution is -2.51. The van der Waals surface area contributed by atoms with Crippen molar-refractivity contribution in [2.45, 2.75) is 52.6 Å². The molecule has 1 fully saturated rings. The van der Waals surface area contributed by atoms with E-state index in [0.717, 1.165) is 30.4 Å². The number of hydrogen-bond donors (Lipinski definition) is 0. The van der Waals surface area contributed by atoms with Crippen LogP contribution in [0.3, 0.4) is 0 Å². The summed E-state index contributed by atoms with van der Waals surface area (Å²) in [5.41, 5.74) is 0. The van der Waals surface area contributed by atoms with Gasteiger partial charge in [-0.1, -0.05) is 33.3 Å². The lowest BCUT2D eigenvalue weighted by Gasteiger charge is -2.38. The van der Waals surface area contributed by atoms with Crippen molar-refractivity contribution in [3.8, 4) is 0 Å². The van der Waals surface area contributed by atoms with Crippen LogP contribution in [0.1, 0.15) is 46.5 Å². The Balaban J connectivity index is 1.92. The van der Waals surface area contributed by atoms with Crippen LogP contribution in [0.4, 0.5) is 0 Å². The van der Waals surface area contributed by atoms with E-state index in [1.54, 1.807) is 0 Å². The normalized spacial score (nSPS) is 36.7. The van der Waals surface area contributed by atoms with Crippen molar-refractivity contribution in [3.05, 3.63) is 12.2 Å². The van der Waals surface area contributed by atoms with Crippen molar-refractivity contribution in [1.29, 1.82) is 0 Å². The van der Waals surface area contributed by atoms with Crippen LogP contribution < -0.4 is 0 Å². The van der Waals surface area contributed by atoms with Crippen molar-refractivity contribution in [1.82, 2.24) is 0 Å². The van der Waals surface area contributed by atoms with Gasteiger partial charge in [-0.3, -0.25) is 0 Å². The summed E-state index contributed by atoms with van der Waals surface area (Å²) >= 11 is 0. The first-order valence-electron chi connectivity index (χ1n) is 8.57. The second kappa shape index (κ2) is 6.95. The average Bonchev–Trinajstić information content (AvgIpc) is 2.38. The van der Waals surface area contributed by atoms with Crippen LogP contribution in [0, 0.1) is 17.8 Å². The number of quaternary nitrogens is 1. The zero-order valence-corrected chi connectivity index (χ0v) is 14.2. The molecule has 0 spiro atoms. The van der Waals surface area contributed by atoms with E-state index < -0.39 is 0 Å². The molecule has 1 aliphatic heterocycles. The molecule has 0 amide bonds. The van der Waals surface area contributed by atoms with Crippen molar-refractivity contribution < 1.29 is 14.0 Å². The maximum absolute atomic E-state index is 12.4. The number of esters is 1. The van der Waals surface area contributed by atoms with Gasteiger partial charge in [-0.25, -0.2) is 4.79 Å². The molecule has 2 rings (SSSR count). The molecule has 0 N–H and O–H groups in total. The minimum atomic E-state index is -0.00227. The van der Waals surface area contributed by atoms with Crippen LogP contribution >= 0.6 is 0 Å². The van der Waals surface area contributed by atoms with Gasteiger partial charge in [0.25, 0.3) is 0 Å². The molecule has 0 aromatic rings. The third-order valence-electron chi connectivity index (χ3n) is 5.30. The lowest BCUT2D eigenvalue weighted by atomic mass is 9.75. The van der Waals surface area contributed by atoms with Gasteiger partial charge in [0, 0.05) is 6.42 Å². The summed E-state index contributed by atoms with van der Waals surface area (Å²) in [7, 11) is 2.16. The Morgan fingerprint density at radius 3 is 2.71 bits per heavy atom. The molecule has 3 nitrogen and oxygen atoms in total. The zero-order valence-electron chi connectivity index (χ0n) is 14.2. The van der Waals surface area contributed by atoms with Gasteiger partial charge in [-0.05, 0) is 36.7 Å². The molecule has 4 atom stereocenters. The fourth-order valence-electron chi connectivity index (χ4n) is 3.84. The highest BCUT2D eigenvalue weighted by molar-refractivity contribution is 5.70. The van der Waals surface area contributed by atoms with Crippen molar-refractivity contribution in [2.24, 2.45) is 17.8 Å². The highest BCUT2D eigenvalue weighted by atomic mass is 16.5. The largest absolute Gasteiger partial charge is 0.458 e. The molecule has 1 saturated carbocycles. The smallest absolute Gasteiger partial charge is 0.362 e. The van der Waals surface area contributed by atoms with Crippen LogP contribution in [0.2, 0.25) is 0 Å². The third-order valence-corrected chi connectivity index (χ3v) is 5.30. The van der Waals surface area contributed by atoms with Crippen LogP contribution in [0.25, 0.3) is 0 Å². The average molecular weight is 294 g/mol. The Morgan fingerprint density at radius 2 is 2.10 bits per heavy atom. The van der Waals surface area contributed by atoms with Crippen LogP contribution in [0.15, 0.2) is 12.2 Å². The highest BCUT2D eigenvalue weighted by Crippen LogP contribution is 2.35. The Labute approximate surface area is 129 Å². The van der Waals surface area contributed by atoms with E-state index in [0.29, 0.717) is 24.3 Å². The summed E-state index contributed by atoms with van der Waals surface area (Å²) in [6.07, 6.45) is 9.12. The summed E-state index contributed by atoms with van der Waals surface area (Å²) in [5.74, 6) is 1.81. The maximum Gasteiger partial charge on any atom is 0.362 e. The molecule has 1 aliphatic carbocycles. The zero-order chi connectivity index (χ0) is 15.5. The van der Waals surface area contributed by atoms with Crippen LogP contribution in [0.5, 0.6) is 0 Å². The summed E-state index contributed by atoms with van der Waals surface area (Å²) in [4.78, 5) is 12.4. The predicted molar refractivity (Wildman–Crippen MR) is 85.8 cm³/mol. The Bertz CT molecular complexity index is 391. The molecular weight excluding hydrogens is 262 g/mol. The van der Waals surface area contributed by atoms with Gasteiger partial charge in [0.2, 0.25) is 0 Å². The van der Waals surface area contributed by atoms with Gasteiger partial charge in [-0.15, -0.1) is 0 Å². The first-order valence-corrected chi connectivity index (χ1v) is 8.57. The molecule has 1 heterocycles.